The molecule has 2 bridgehead atoms. The van der Waals surface area contributed by atoms with Crippen LogP contribution < -0.4 is 16.2 Å². The van der Waals surface area contributed by atoms with Gasteiger partial charge in [0.15, 0.2) is 5.65 Å². The number of anilines is 1. The summed E-state index contributed by atoms with van der Waals surface area (Å²) in [6.45, 7) is 0. The molecule has 33 heavy (non-hydrogen) atoms. The molecule has 9 nitrogen and oxygen atoms in total. The maximum atomic E-state index is 13.5. The van der Waals surface area contributed by atoms with E-state index in [-0.39, 0.29) is 24.0 Å². The molecule has 0 saturated carbocycles. The first-order valence-corrected chi connectivity index (χ1v) is 11.4. The largest absolute Gasteiger partial charge is 0.336 e. The molecular formula is C21H23Cl3N8O. The number of rotatable bonds is 2. The third kappa shape index (κ3) is 3.17. The molecule has 1 aromatic carbocycles. The van der Waals surface area contributed by atoms with Crippen LogP contribution in [0.15, 0.2) is 16.9 Å². The quantitative estimate of drug-likeness (QED) is 0.428. The van der Waals surface area contributed by atoms with E-state index >= 15 is 0 Å². The fourth-order valence-corrected chi connectivity index (χ4v) is 6.03. The van der Waals surface area contributed by atoms with E-state index in [2.05, 4.69) is 20.2 Å². The number of benzene rings is 1. The van der Waals surface area contributed by atoms with Crippen molar-refractivity contribution in [3.63, 3.8) is 0 Å². The summed E-state index contributed by atoms with van der Waals surface area (Å²) in [5.74, 6) is 0.661. The van der Waals surface area contributed by atoms with Gasteiger partial charge in [0.05, 0.1) is 15.9 Å². The summed E-state index contributed by atoms with van der Waals surface area (Å²) < 4.78 is 3.18. The van der Waals surface area contributed by atoms with Crippen LogP contribution in [0.1, 0.15) is 25.7 Å². The molecule has 174 valence electrons. The number of hydrogen-bond donors (Lipinski definition) is 2. The van der Waals surface area contributed by atoms with Crippen molar-refractivity contribution in [3.05, 3.63) is 32.7 Å². The van der Waals surface area contributed by atoms with E-state index in [1.54, 1.807) is 23.3 Å². The van der Waals surface area contributed by atoms with Crippen molar-refractivity contribution < 1.29 is 0 Å². The van der Waals surface area contributed by atoms with Gasteiger partial charge in [-0.1, -0.05) is 23.2 Å². The summed E-state index contributed by atoms with van der Waals surface area (Å²) >= 11 is 13.1. The number of hydrogen-bond acceptors (Lipinski definition) is 6. The molecule has 0 amide bonds. The summed E-state index contributed by atoms with van der Waals surface area (Å²) in [5, 5.41) is 13.6. The zero-order valence-corrected chi connectivity index (χ0v) is 20.4. The van der Waals surface area contributed by atoms with Crippen molar-refractivity contribution >= 4 is 63.5 Å². The Morgan fingerprint density at radius 1 is 1.12 bits per heavy atom. The van der Waals surface area contributed by atoms with Crippen LogP contribution in [0, 0.1) is 0 Å². The Morgan fingerprint density at radius 3 is 2.52 bits per heavy atom. The van der Waals surface area contributed by atoms with Crippen molar-refractivity contribution in [1.82, 2.24) is 29.5 Å². The van der Waals surface area contributed by atoms with Crippen LogP contribution in [0.3, 0.4) is 0 Å². The van der Waals surface area contributed by atoms with E-state index in [1.807, 2.05) is 12.1 Å². The highest BCUT2D eigenvalue weighted by Crippen LogP contribution is 2.40. The number of aromatic nitrogens is 6. The Morgan fingerprint density at radius 2 is 1.82 bits per heavy atom. The Kier molecular flexibility index (Phi) is 5.36. The number of piperidine rings is 1. The van der Waals surface area contributed by atoms with Gasteiger partial charge in [0.25, 0.3) is 5.56 Å². The minimum atomic E-state index is -0.170. The number of nitrogens with zero attached hydrogens (tertiary/aromatic N) is 6. The zero-order valence-electron chi connectivity index (χ0n) is 18.0. The van der Waals surface area contributed by atoms with Crippen LogP contribution in [-0.4, -0.2) is 47.7 Å². The van der Waals surface area contributed by atoms with Crippen LogP contribution in [0.4, 0.5) is 5.95 Å². The smallest absolute Gasteiger partial charge is 0.266 e. The summed E-state index contributed by atoms with van der Waals surface area (Å²) in [5.41, 5.74) is 8.24. The standard InChI is InChI=1S/C21H22Cl2N8O.ClH/c1-29-20(32)15-17(12-5-6-13-14(16(12)22)18(23)30(2)28-13)26-27-19(15)25-21(29)31-10-3-4-11(31)8-9(24)7-10;/h5-6,9-11H,3-4,7-8,24H2,1-2H3,(H,26,27);1H. The highest BCUT2D eigenvalue weighted by Gasteiger charge is 2.41. The third-order valence-electron chi connectivity index (χ3n) is 6.90. The molecule has 2 saturated heterocycles. The average molecular weight is 510 g/mol. The first-order chi connectivity index (χ1) is 15.3. The van der Waals surface area contributed by atoms with E-state index in [0.29, 0.717) is 61.4 Å². The first-order valence-electron chi connectivity index (χ1n) is 10.6. The van der Waals surface area contributed by atoms with Crippen molar-refractivity contribution in [3.8, 4) is 11.3 Å². The van der Waals surface area contributed by atoms with Crippen molar-refractivity contribution in [2.45, 2.75) is 43.8 Å². The zero-order chi connectivity index (χ0) is 22.3. The Balaban J connectivity index is 0.00000228. The van der Waals surface area contributed by atoms with Crippen LogP contribution >= 0.6 is 35.6 Å². The summed E-state index contributed by atoms with van der Waals surface area (Å²) in [7, 11) is 3.52. The average Bonchev–Trinajstić information content (AvgIpc) is 3.38. The first kappa shape index (κ1) is 22.5. The fraction of sp³-hybridized carbons (Fsp3) is 0.429. The summed E-state index contributed by atoms with van der Waals surface area (Å²) in [6, 6.07) is 4.46. The highest BCUT2D eigenvalue weighted by atomic mass is 35.5. The monoisotopic (exact) mass is 508 g/mol. The summed E-state index contributed by atoms with van der Waals surface area (Å²) in [6.07, 6.45) is 3.98. The molecule has 3 N–H and O–H groups in total. The molecule has 2 atom stereocenters. The topological polar surface area (TPSA) is 111 Å². The minimum absolute atomic E-state index is 0. The Bertz CT molecular complexity index is 1440. The van der Waals surface area contributed by atoms with E-state index in [4.69, 9.17) is 33.9 Å². The number of H-pyrrole nitrogens is 1. The molecule has 2 aliphatic rings. The lowest BCUT2D eigenvalue weighted by Crippen LogP contribution is -2.49. The van der Waals surface area contributed by atoms with Gasteiger partial charge in [-0.15, -0.1) is 12.4 Å². The van der Waals surface area contributed by atoms with Crippen LogP contribution in [-0.2, 0) is 14.1 Å². The highest BCUT2D eigenvalue weighted by molar-refractivity contribution is 6.43. The van der Waals surface area contributed by atoms with E-state index in [0.717, 1.165) is 25.7 Å². The molecule has 2 fully saturated rings. The molecule has 2 unspecified atom stereocenters. The lowest BCUT2D eigenvalue weighted by atomic mass is 9.98. The van der Waals surface area contributed by atoms with Gasteiger partial charge in [-0.3, -0.25) is 19.1 Å². The van der Waals surface area contributed by atoms with Gasteiger partial charge in [-0.2, -0.15) is 15.2 Å². The van der Waals surface area contributed by atoms with Gasteiger partial charge < -0.3 is 10.6 Å². The molecule has 0 aliphatic carbocycles. The van der Waals surface area contributed by atoms with Gasteiger partial charge >= 0.3 is 0 Å². The maximum Gasteiger partial charge on any atom is 0.266 e. The van der Waals surface area contributed by atoms with Gasteiger partial charge in [0, 0.05) is 37.8 Å². The minimum Gasteiger partial charge on any atom is -0.336 e. The molecule has 0 spiro atoms. The molecule has 6 rings (SSSR count). The predicted octanol–water partition coefficient (Wildman–Crippen LogP) is 3.40. The number of nitrogens with one attached hydrogen (secondary N) is 1. The van der Waals surface area contributed by atoms with Crippen molar-refractivity contribution in [2.75, 3.05) is 4.90 Å². The number of halogens is 3. The Labute approximate surface area is 205 Å². The van der Waals surface area contributed by atoms with Gasteiger partial charge in [-0.25, -0.2) is 0 Å². The van der Waals surface area contributed by atoms with E-state index in [9.17, 15) is 4.79 Å². The third-order valence-corrected chi connectivity index (χ3v) is 7.73. The van der Waals surface area contributed by atoms with E-state index < -0.39 is 0 Å². The van der Waals surface area contributed by atoms with Crippen molar-refractivity contribution in [1.29, 1.82) is 0 Å². The van der Waals surface area contributed by atoms with Crippen molar-refractivity contribution in [2.24, 2.45) is 19.8 Å². The summed E-state index contributed by atoms with van der Waals surface area (Å²) in [4.78, 5) is 20.6. The normalized spacial score (nSPS) is 22.3. The fourth-order valence-electron chi connectivity index (χ4n) is 5.42. The van der Waals surface area contributed by atoms with Gasteiger partial charge in [0.2, 0.25) is 5.95 Å². The maximum absolute atomic E-state index is 13.5. The molecule has 5 heterocycles. The lowest BCUT2D eigenvalue weighted by molar-refractivity contribution is 0.405. The molecule has 2 aliphatic heterocycles. The molecule has 0 radical (unpaired) electrons. The molecule has 4 aromatic rings. The second-order valence-corrected chi connectivity index (χ2v) is 9.57. The van der Waals surface area contributed by atoms with Crippen LogP contribution in [0.2, 0.25) is 10.2 Å². The number of nitrogens with two attached hydrogens (primary N) is 1. The second kappa shape index (κ2) is 7.87. The number of fused-ring (bicyclic) bond motifs is 4. The number of aryl methyl sites for hydroxylation is 1. The lowest BCUT2D eigenvalue weighted by Gasteiger charge is -2.38. The van der Waals surface area contributed by atoms with Crippen LogP contribution in [0.5, 0.6) is 0 Å². The number of aromatic amines is 1. The molecule has 12 heteroatoms. The second-order valence-electron chi connectivity index (χ2n) is 8.83. The van der Waals surface area contributed by atoms with Gasteiger partial charge in [-0.05, 0) is 37.8 Å². The van der Waals surface area contributed by atoms with E-state index in [1.165, 1.54) is 0 Å². The molecule has 3 aromatic heterocycles. The molecular weight excluding hydrogens is 487 g/mol. The SMILES string of the molecule is Cl.Cn1nc2ccc(-c3n[nH]c4nc(N5C6CCC5CC(N)C6)n(C)c(=O)c34)c(Cl)c2c1Cl. The van der Waals surface area contributed by atoms with Crippen LogP contribution in [0.25, 0.3) is 33.2 Å². The predicted molar refractivity (Wildman–Crippen MR) is 133 cm³/mol. The van der Waals surface area contributed by atoms with Gasteiger partial charge in [0.1, 0.15) is 16.2 Å². The Hall–Kier alpha value is -2.33.